The predicted octanol–water partition coefficient (Wildman–Crippen LogP) is 16.5. The molecule has 3 nitrogen and oxygen atoms in total. The summed E-state index contributed by atoms with van der Waals surface area (Å²) in [6.07, 6.45) is 0. The van der Waals surface area contributed by atoms with E-state index in [1.165, 1.54) is 60.3 Å². The summed E-state index contributed by atoms with van der Waals surface area (Å²) in [4.78, 5) is 10.5. The molecular weight excluding hydrogens is 777 g/mol. The van der Waals surface area contributed by atoms with Crippen molar-refractivity contribution < 1.29 is 4.42 Å². The van der Waals surface area contributed by atoms with E-state index >= 15 is 0 Å². The van der Waals surface area contributed by atoms with Gasteiger partial charge >= 0.3 is 0 Å². The predicted molar refractivity (Wildman–Crippen MR) is 267 cm³/mol. The summed E-state index contributed by atoms with van der Waals surface area (Å²) >= 11 is 0. The Morgan fingerprint density at radius 3 is 1.75 bits per heavy atom. The molecule has 0 fully saturated rings. The van der Waals surface area contributed by atoms with Gasteiger partial charge in [-0.25, -0.2) is 9.97 Å². The van der Waals surface area contributed by atoms with Gasteiger partial charge in [0, 0.05) is 32.9 Å². The van der Waals surface area contributed by atoms with Crippen molar-refractivity contribution >= 4 is 54.3 Å². The number of benzene rings is 10. The van der Waals surface area contributed by atoms with Crippen LogP contribution in [0.15, 0.2) is 211 Å². The summed E-state index contributed by atoms with van der Waals surface area (Å²) in [5.41, 5.74) is 16.6. The third kappa shape index (κ3) is 5.60. The van der Waals surface area contributed by atoms with Crippen molar-refractivity contribution in [1.29, 1.82) is 0 Å². The van der Waals surface area contributed by atoms with Crippen LogP contribution in [0.3, 0.4) is 0 Å². The third-order valence-electron chi connectivity index (χ3n) is 13.7. The molecule has 12 aromatic rings. The van der Waals surface area contributed by atoms with Crippen molar-refractivity contribution in [2.45, 2.75) is 19.3 Å². The molecule has 0 saturated heterocycles. The highest BCUT2D eigenvalue weighted by atomic mass is 16.3. The fourth-order valence-electron chi connectivity index (χ4n) is 10.5. The fraction of sp³-hybridized carbons (Fsp3) is 0.0492. The van der Waals surface area contributed by atoms with Crippen LogP contribution in [0.1, 0.15) is 25.0 Å². The highest BCUT2D eigenvalue weighted by molar-refractivity contribution is 6.16. The van der Waals surface area contributed by atoms with Gasteiger partial charge in [-0.15, -0.1) is 0 Å². The van der Waals surface area contributed by atoms with Crippen LogP contribution in [0.25, 0.3) is 122 Å². The minimum Gasteiger partial charge on any atom is -0.456 e. The van der Waals surface area contributed by atoms with Crippen molar-refractivity contribution in [3.05, 3.63) is 217 Å². The maximum absolute atomic E-state index is 6.43. The van der Waals surface area contributed by atoms with Gasteiger partial charge in [0.2, 0.25) is 0 Å². The molecule has 1 aliphatic carbocycles. The van der Waals surface area contributed by atoms with Crippen LogP contribution < -0.4 is 0 Å². The van der Waals surface area contributed by atoms with E-state index in [0.717, 1.165) is 66.5 Å². The largest absolute Gasteiger partial charge is 0.456 e. The van der Waals surface area contributed by atoms with E-state index in [1.807, 2.05) is 18.2 Å². The highest BCUT2D eigenvalue weighted by Gasteiger charge is 2.37. The third-order valence-corrected chi connectivity index (χ3v) is 13.7. The second kappa shape index (κ2) is 13.9. The molecule has 10 aromatic carbocycles. The summed E-state index contributed by atoms with van der Waals surface area (Å²) in [5.74, 6) is 0.694. The number of hydrogen-bond donors (Lipinski definition) is 0. The Labute approximate surface area is 371 Å². The minimum atomic E-state index is -0.125. The van der Waals surface area contributed by atoms with Crippen molar-refractivity contribution in [2.24, 2.45) is 0 Å². The van der Waals surface area contributed by atoms with Gasteiger partial charge in [-0.3, -0.25) is 0 Å². The zero-order valence-corrected chi connectivity index (χ0v) is 35.4. The molecule has 0 atom stereocenters. The van der Waals surface area contributed by atoms with Crippen LogP contribution >= 0.6 is 0 Å². The Kier molecular flexibility index (Phi) is 7.95. The highest BCUT2D eigenvalue weighted by Crippen LogP contribution is 2.54. The van der Waals surface area contributed by atoms with Gasteiger partial charge in [-0.1, -0.05) is 184 Å². The van der Waals surface area contributed by atoms with Crippen LogP contribution in [0.5, 0.6) is 0 Å². The quantitative estimate of drug-likeness (QED) is 0.174. The maximum atomic E-state index is 6.43. The van der Waals surface area contributed by atoms with Crippen molar-refractivity contribution in [2.75, 3.05) is 0 Å². The molecule has 0 spiro atoms. The lowest BCUT2D eigenvalue weighted by Gasteiger charge is -2.22. The summed E-state index contributed by atoms with van der Waals surface area (Å²) in [6.45, 7) is 4.73. The molecule has 0 saturated carbocycles. The van der Waals surface area contributed by atoms with Crippen LogP contribution in [0.2, 0.25) is 0 Å². The number of furan rings is 1. The number of nitrogens with zero attached hydrogens (tertiary/aromatic N) is 2. The molecule has 1 aliphatic rings. The number of fused-ring (bicyclic) bond motifs is 9. The van der Waals surface area contributed by atoms with E-state index in [2.05, 4.69) is 202 Å². The van der Waals surface area contributed by atoms with E-state index in [-0.39, 0.29) is 5.41 Å². The summed E-state index contributed by atoms with van der Waals surface area (Å²) in [7, 11) is 0. The smallest absolute Gasteiger partial charge is 0.160 e. The van der Waals surface area contributed by atoms with Crippen LogP contribution in [-0.4, -0.2) is 9.97 Å². The molecule has 0 N–H and O–H groups in total. The Balaban J connectivity index is 0.946. The van der Waals surface area contributed by atoms with Crippen LogP contribution in [0, 0.1) is 0 Å². The first-order valence-corrected chi connectivity index (χ1v) is 22.1. The maximum Gasteiger partial charge on any atom is 0.160 e. The normalized spacial score (nSPS) is 13.0. The zero-order chi connectivity index (χ0) is 42.5. The van der Waals surface area contributed by atoms with Gasteiger partial charge in [-0.2, -0.15) is 0 Å². The molecule has 3 heteroatoms. The summed E-state index contributed by atoms with van der Waals surface area (Å²) in [6, 6.07) is 74.2. The summed E-state index contributed by atoms with van der Waals surface area (Å²) < 4.78 is 6.43. The molecule has 0 bridgehead atoms. The molecular formula is C61H40N2O. The van der Waals surface area contributed by atoms with Gasteiger partial charge in [0.15, 0.2) is 5.82 Å². The lowest BCUT2D eigenvalue weighted by molar-refractivity contribution is 0.661. The topological polar surface area (TPSA) is 38.9 Å². The molecule has 13 rings (SSSR count). The Morgan fingerprint density at radius 1 is 0.359 bits per heavy atom. The Bertz CT molecular complexity index is 3860. The van der Waals surface area contributed by atoms with E-state index in [1.54, 1.807) is 0 Å². The molecule has 0 radical (unpaired) electrons. The van der Waals surface area contributed by atoms with Crippen LogP contribution in [-0.2, 0) is 5.41 Å². The molecule has 0 unspecified atom stereocenters. The molecule has 2 heterocycles. The first-order valence-electron chi connectivity index (χ1n) is 22.1. The minimum absolute atomic E-state index is 0.125. The second-order valence-corrected chi connectivity index (χ2v) is 17.7. The van der Waals surface area contributed by atoms with Crippen LogP contribution in [0.4, 0.5) is 0 Å². The van der Waals surface area contributed by atoms with Crippen molar-refractivity contribution in [1.82, 2.24) is 9.97 Å². The number of aromatic nitrogens is 2. The first-order chi connectivity index (χ1) is 31.5. The molecule has 0 aliphatic heterocycles. The van der Waals surface area contributed by atoms with E-state index < -0.39 is 0 Å². The van der Waals surface area contributed by atoms with Gasteiger partial charge in [0.25, 0.3) is 0 Å². The van der Waals surface area contributed by atoms with Crippen molar-refractivity contribution in [3.63, 3.8) is 0 Å². The molecule has 300 valence electrons. The first kappa shape index (κ1) is 36.5. The Morgan fingerprint density at radius 2 is 0.969 bits per heavy atom. The van der Waals surface area contributed by atoms with Gasteiger partial charge in [-0.05, 0) is 113 Å². The molecule has 2 aromatic heterocycles. The number of hydrogen-bond acceptors (Lipinski definition) is 3. The summed E-state index contributed by atoms with van der Waals surface area (Å²) in [5, 5.41) is 9.52. The van der Waals surface area contributed by atoms with Gasteiger partial charge < -0.3 is 4.42 Å². The SMILES string of the molecule is CC1(C)c2cc3ccccc3cc2-c2c(-c3ccc(-c4cc(-c5ccc(-c6cccc7oc8cc9ccccc9cc8c67)cc5)nc(-c5ccccc5)n4)c4ccccc34)cccc21. The van der Waals surface area contributed by atoms with Gasteiger partial charge in [0.1, 0.15) is 11.2 Å². The monoisotopic (exact) mass is 816 g/mol. The lowest BCUT2D eigenvalue weighted by atomic mass is 9.81. The van der Waals surface area contributed by atoms with E-state index in [4.69, 9.17) is 14.4 Å². The molecule has 0 amide bonds. The zero-order valence-electron chi connectivity index (χ0n) is 35.4. The van der Waals surface area contributed by atoms with Crippen molar-refractivity contribution in [3.8, 4) is 67.3 Å². The van der Waals surface area contributed by atoms with Gasteiger partial charge in [0.05, 0.1) is 11.4 Å². The molecule has 64 heavy (non-hydrogen) atoms. The lowest BCUT2D eigenvalue weighted by Crippen LogP contribution is -2.14. The fourth-order valence-corrected chi connectivity index (χ4v) is 10.5. The van der Waals surface area contributed by atoms with E-state index in [0.29, 0.717) is 5.82 Å². The Hall–Kier alpha value is -8.14. The average molecular weight is 817 g/mol. The average Bonchev–Trinajstić information content (AvgIpc) is 3.82. The second-order valence-electron chi connectivity index (χ2n) is 17.7. The standard InChI is InChI=1S/C61H40N2O/c1-61(2)52-24-12-23-49(58(52)50-32-40-16-6-8-18-42(40)34-53(50)61)47-30-31-48(46-21-11-10-20-45(46)47)55-36-54(62-60(63-55)39-14-4-3-5-15-39)38-28-26-37(27-29-38)44-22-13-25-56-59(44)51-33-41-17-7-9-19-43(41)35-57(51)64-56/h3-36H,1-2H3. The van der Waals surface area contributed by atoms with E-state index in [9.17, 15) is 0 Å². The number of rotatable bonds is 5.